The Hall–Kier alpha value is -2.44. The van der Waals surface area contributed by atoms with Gasteiger partial charge in [0.15, 0.2) is 11.5 Å². The Kier molecular flexibility index (Phi) is 6.65. The van der Waals surface area contributed by atoms with Crippen LogP contribution in [0, 0.1) is 6.92 Å². The molecule has 2 aromatic carbocycles. The molecule has 2 amide bonds. The number of nitrogens with zero attached hydrogens (tertiary/aromatic N) is 2. The highest BCUT2D eigenvalue weighted by atomic mass is 35.5. The van der Waals surface area contributed by atoms with Crippen LogP contribution in [0.15, 0.2) is 36.4 Å². The summed E-state index contributed by atoms with van der Waals surface area (Å²) in [6, 6.07) is 11.4. The monoisotopic (exact) mass is 403 g/mol. The number of benzene rings is 2. The summed E-state index contributed by atoms with van der Waals surface area (Å²) in [5.74, 6) is 1.46. The third-order valence-corrected chi connectivity index (χ3v) is 5.34. The molecule has 1 fully saturated rings. The summed E-state index contributed by atoms with van der Waals surface area (Å²) in [4.78, 5) is 16.7. The Bertz CT molecular complexity index is 836. The topological polar surface area (TPSA) is 54.0 Å². The van der Waals surface area contributed by atoms with Gasteiger partial charge in [-0.05, 0) is 42.3 Å². The molecule has 0 saturated carbocycles. The summed E-state index contributed by atoms with van der Waals surface area (Å²) in [5, 5.41) is 3.58. The first kappa shape index (κ1) is 20.3. The molecule has 28 heavy (non-hydrogen) atoms. The SMILES string of the molecule is COc1ccc(CN2CCN(C(=O)Nc3ccc(C)c(Cl)c3)CC2)cc1OC. The third kappa shape index (κ3) is 4.88. The molecule has 0 aromatic heterocycles. The molecule has 0 atom stereocenters. The van der Waals surface area contributed by atoms with Crippen molar-refractivity contribution in [3.8, 4) is 11.5 Å². The Morgan fingerprint density at radius 1 is 1.04 bits per heavy atom. The Balaban J connectivity index is 1.52. The predicted octanol–water partition coefficient (Wildman–Crippen LogP) is 4.02. The van der Waals surface area contributed by atoms with Crippen molar-refractivity contribution in [1.29, 1.82) is 0 Å². The van der Waals surface area contributed by atoms with Gasteiger partial charge < -0.3 is 19.7 Å². The number of rotatable bonds is 5. The summed E-state index contributed by atoms with van der Waals surface area (Å²) >= 11 is 6.13. The van der Waals surface area contributed by atoms with Crippen LogP contribution in [0.3, 0.4) is 0 Å². The van der Waals surface area contributed by atoms with Gasteiger partial charge in [-0.2, -0.15) is 0 Å². The maximum atomic E-state index is 12.5. The second kappa shape index (κ2) is 9.17. The largest absolute Gasteiger partial charge is 0.493 e. The molecule has 7 heteroatoms. The molecule has 2 aromatic rings. The van der Waals surface area contributed by atoms with Gasteiger partial charge in [0.05, 0.1) is 14.2 Å². The summed E-state index contributed by atoms with van der Waals surface area (Å²) in [7, 11) is 3.27. The first-order valence-electron chi connectivity index (χ1n) is 9.25. The molecule has 0 bridgehead atoms. The van der Waals surface area contributed by atoms with Gasteiger partial charge in [0.25, 0.3) is 0 Å². The van der Waals surface area contributed by atoms with E-state index in [1.807, 2.05) is 42.2 Å². The van der Waals surface area contributed by atoms with Crippen molar-refractivity contribution in [1.82, 2.24) is 9.80 Å². The molecule has 1 heterocycles. The second-order valence-corrected chi connectivity index (χ2v) is 7.25. The molecular weight excluding hydrogens is 378 g/mol. The number of hydrogen-bond acceptors (Lipinski definition) is 4. The number of amides is 2. The van der Waals surface area contributed by atoms with Crippen molar-refractivity contribution in [2.75, 3.05) is 45.7 Å². The highest BCUT2D eigenvalue weighted by Gasteiger charge is 2.21. The predicted molar refractivity (Wildman–Crippen MR) is 112 cm³/mol. The smallest absolute Gasteiger partial charge is 0.321 e. The standard InChI is InChI=1S/C21H26ClN3O3/c1-15-4-6-17(13-18(15)22)23-21(26)25-10-8-24(9-11-25)14-16-5-7-19(27-2)20(12-16)28-3/h4-7,12-13H,8-11,14H2,1-3H3,(H,23,26). The van der Waals surface area contributed by atoms with E-state index in [0.29, 0.717) is 23.8 Å². The lowest BCUT2D eigenvalue weighted by Gasteiger charge is -2.34. The first-order chi connectivity index (χ1) is 13.5. The van der Waals surface area contributed by atoms with Crippen LogP contribution in [0.5, 0.6) is 11.5 Å². The van der Waals surface area contributed by atoms with E-state index < -0.39 is 0 Å². The number of halogens is 1. The van der Waals surface area contributed by atoms with Crippen LogP contribution in [0.25, 0.3) is 0 Å². The Morgan fingerprint density at radius 2 is 1.75 bits per heavy atom. The molecule has 0 aliphatic carbocycles. The highest BCUT2D eigenvalue weighted by molar-refractivity contribution is 6.31. The van der Waals surface area contributed by atoms with Gasteiger partial charge in [0, 0.05) is 43.4 Å². The van der Waals surface area contributed by atoms with Gasteiger partial charge in [-0.25, -0.2) is 4.79 Å². The number of methoxy groups -OCH3 is 2. The van der Waals surface area contributed by atoms with E-state index in [-0.39, 0.29) is 6.03 Å². The van der Waals surface area contributed by atoms with Gasteiger partial charge in [-0.1, -0.05) is 23.7 Å². The Morgan fingerprint density at radius 3 is 2.39 bits per heavy atom. The van der Waals surface area contributed by atoms with Crippen molar-refractivity contribution in [2.45, 2.75) is 13.5 Å². The van der Waals surface area contributed by atoms with Gasteiger partial charge in [0.2, 0.25) is 0 Å². The van der Waals surface area contributed by atoms with Crippen molar-refractivity contribution in [2.24, 2.45) is 0 Å². The van der Waals surface area contributed by atoms with Crippen LogP contribution in [0.2, 0.25) is 5.02 Å². The van der Waals surface area contributed by atoms with E-state index in [4.69, 9.17) is 21.1 Å². The van der Waals surface area contributed by atoms with E-state index in [0.717, 1.165) is 42.3 Å². The summed E-state index contributed by atoms with van der Waals surface area (Å²) in [5.41, 5.74) is 2.86. The molecule has 0 unspecified atom stereocenters. The zero-order chi connectivity index (χ0) is 20.1. The number of nitrogens with one attached hydrogen (secondary N) is 1. The van der Waals surface area contributed by atoms with Crippen LogP contribution in [-0.2, 0) is 6.54 Å². The third-order valence-electron chi connectivity index (χ3n) is 4.94. The average Bonchev–Trinajstić information content (AvgIpc) is 2.71. The van der Waals surface area contributed by atoms with E-state index in [9.17, 15) is 4.79 Å². The molecule has 3 rings (SSSR count). The van der Waals surface area contributed by atoms with Crippen LogP contribution in [-0.4, -0.2) is 56.2 Å². The maximum Gasteiger partial charge on any atom is 0.321 e. The quantitative estimate of drug-likeness (QED) is 0.819. The van der Waals surface area contributed by atoms with Crippen molar-refractivity contribution < 1.29 is 14.3 Å². The molecule has 1 aliphatic heterocycles. The lowest BCUT2D eigenvalue weighted by Crippen LogP contribution is -2.49. The number of anilines is 1. The lowest BCUT2D eigenvalue weighted by atomic mass is 10.1. The fourth-order valence-electron chi connectivity index (χ4n) is 3.22. The minimum Gasteiger partial charge on any atom is -0.493 e. The van der Waals surface area contributed by atoms with E-state index in [1.165, 1.54) is 0 Å². The number of carbonyl (C=O) groups is 1. The second-order valence-electron chi connectivity index (χ2n) is 6.85. The molecule has 6 nitrogen and oxygen atoms in total. The molecule has 1 saturated heterocycles. The first-order valence-corrected chi connectivity index (χ1v) is 9.63. The molecule has 1 N–H and O–H groups in total. The molecule has 0 radical (unpaired) electrons. The highest BCUT2D eigenvalue weighted by Crippen LogP contribution is 2.28. The number of piperazine rings is 1. The van der Waals surface area contributed by atoms with Crippen molar-refractivity contribution in [3.05, 3.63) is 52.5 Å². The van der Waals surface area contributed by atoms with Gasteiger partial charge >= 0.3 is 6.03 Å². The lowest BCUT2D eigenvalue weighted by molar-refractivity contribution is 0.143. The van der Waals surface area contributed by atoms with E-state index >= 15 is 0 Å². The maximum absolute atomic E-state index is 12.5. The van der Waals surface area contributed by atoms with E-state index in [1.54, 1.807) is 20.3 Å². The number of aryl methyl sites for hydroxylation is 1. The zero-order valence-electron chi connectivity index (χ0n) is 16.5. The number of hydrogen-bond donors (Lipinski definition) is 1. The fraction of sp³-hybridized carbons (Fsp3) is 0.381. The molecule has 1 aliphatic rings. The van der Waals surface area contributed by atoms with Crippen LogP contribution >= 0.6 is 11.6 Å². The fourth-order valence-corrected chi connectivity index (χ4v) is 3.40. The van der Waals surface area contributed by atoms with Crippen LogP contribution in [0.4, 0.5) is 10.5 Å². The number of ether oxygens (including phenoxy) is 2. The van der Waals surface area contributed by atoms with Gasteiger partial charge in [0.1, 0.15) is 0 Å². The number of urea groups is 1. The minimum atomic E-state index is -0.0920. The number of carbonyl (C=O) groups excluding carboxylic acids is 1. The van der Waals surface area contributed by atoms with Crippen LogP contribution in [0.1, 0.15) is 11.1 Å². The average molecular weight is 404 g/mol. The van der Waals surface area contributed by atoms with E-state index in [2.05, 4.69) is 10.2 Å². The summed E-state index contributed by atoms with van der Waals surface area (Å²) in [6.45, 7) is 5.74. The summed E-state index contributed by atoms with van der Waals surface area (Å²) in [6.07, 6.45) is 0. The van der Waals surface area contributed by atoms with Gasteiger partial charge in [-0.15, -0.1) is 0 Å². The van der Waals surface area contributed by atoms with Crippen LogP contribution < -0.4 is 14.8 Å². The normalized spacial score (nSPS) is 14.6. The molecular formula is C21H26ClN3O3. The van der Waals surface area contributed by atoms with Crippen molar-refractivity contribution in [3.63, 3.8) is 0 Å². The van der Waals surface area contributed by atoms with Gasteiger partial charge in [-0.3, -0.25) is 4.90 Å². The minimum absolute atomic E-state index is 0.0920. The molecule has 150 valence electrons. The summed E-state index contributed by atoms with van der Waals surface area (Å²) < 4.78 is 10.7. The zero-order valence-corrected chi connectivity index (χ0v) is 17.3. The van der Waals surface area contributed by atoms with Crippen molar-refractivity contribution >= 4 is 23.3 Å². The Labute approximate surface area is 171 Å². The molecule has 0 spiro atoms.